The Bertz CT molecular complexity index is 533. The zero-order valence-corrected chi connectivity index (χ0v) is 13.1. The maximum atomic E-state index is 13.0. The van der Waals surface area contributed by atoms with Crippen molar-refractivity contribution in [3.8, 4) is 0 Å². The number of likely N-dealkylation sites (tertiary alicyclic amines) is 1. The minimum atomic E-state index is -4.51. The molecule has 1 fully saturated rings. The highest BCUT2D eigenvalue weighted by Gasteiger charge is 2.34. The molecule has 1 aromatic rings. The Morgan fingerprint density at radius 2 is 2.14 bits per heavy atom. The van der Waals surface area contributed by atoms with E-state index in [-0.39, 0.29) is 5.69 Å². The summed E-state index contributed by atoms with van der Waals surface area (Å²) in [7, 11) is 0. The molecule has 21 heavy (non-hydrogen) atoms. The molecular formula is C14H16BrF3N2O. The van der Waals surface area contributed by atoms with Gasteiger partial charge in [-0.1, -0.05) is 22.9 Å². The second-order valence-electron chi connectivity index (χ2n) is 5.31. The number of urea groups is 1. The molecule has 0 spiro atoms. The number of carbonyl (C=O) groups is 1. The van der Waals surface area contributed by atoms with Crippen LogP contribution in [0, 0.1) is 5.92 Å². The molecule has 1 aromatic carbocycles. The van der Waals surface area contributed by atoms with Gasteiger partial charge in [0.05, 0.1) is 11.3 Å². The van der Waals surface area contributed by atoms with Crippen LogP contribution in [0.3, 0.4) is 0 Å². The number of nitrogens with one attached hydrogen (secondary N) is 1. The topological polar surface area (TPSA) is 32.3 Å². The number of alkyl halides is 3. The molecule has 0 bridgehead atoms. The fourth-order valence-electron chi connectivity index (χ4n) is 2.43. The summed E-state index contributed by atoms with van der Waals surface area (Å²) in [6.45, 7) is 3.18. The molecule has 1 N–H and O–H groups in total. The molecule has 0 saturated carbocycles. The summed E-state index contributed by atoms with van der Waals surface area (Å²) in [6, 6.07) is 3.23. The van der Waals surface area contributed by atoms with Crippen molar-refractivity contribution < 1.29 is 18.0 Å². The van der Waals surface area contributed by atoms with E-state index in [4.69, 9.17) is 0 Å². The van der Waals surface area contributed by atoms with Crippen molar-refractivity contribution in [1.82, 2.24) is 4.90 Å². The van der Waals surface area contributed by atoms with Crippen molar-refractivity contribution in [2.45, 2.75) is 25.9 Å². The number of anilines is 1. The first-order valence-corrected chi connectivity index (χ1v) is 7.49. The standard InChI is InChI=1S/C14H16BrF3N2O/c1-9-3-2-6-20(8-9)13(21)19-12-5-4-10(15)7-11(12)14(16,17)18/h4-5,7,9H,2-3,6,8H2,1H3,(H,19,21). The van der Waals surface area contributed by atoms with Gasteiger partial charge in [0, 0.05) is 17.6 Å². The highest BCUT2D eigenvalue weighted by molar-refractivity contribution is 9.10. The highest BCUT2D eigenvalue weighted by Crippen LogP contribution is 2.36. The van der Waals surface area contributed by atoms with Gasteiger partial charge in [-0.25, -0.2) is 4.79 Å². The second-order valence-corrected chi connectivity index (χ2v) is 6.23. The van der Waals surface area contributed by atoms with Crippen molar-refractivity contribution in [3.05, 3.63) is 28.2 Å². The molecule has 1 heterocycles. The summed E-state index contributed by atoms with van der Waals surface area (Å²) in [6.07, 6.45) is -2.60. The molecule has 1 aliphatic rings. The van der Waals surface area contributed by atoms with Gasteiger partial charge in [-0.3, -0.25) is 0 Å². The maximum Gasteiger partial charge on any atom is 0.418 e. The Morgan fingerprint density at radius 3 is 2.76 bits per heavy atom. The zero-order valence-electron chi connectivity index (χ0n) is 11.5. The summed E-state index contributed by atoms with van der Waals surface area (Å²) < 4.78 is 39.3. The van der Waals surface area contributed by atoms with Crippen LogP contribution in [-0.2, 0) is 6.18 Å². The van der Waals surface area contributed by atoms with E-state index in [0.717, 1.165) is 18.9 Å². The van der Waals surface area contributed by atoms with Gasteiger partial charge < -0.3 is 10.2 Å². The molecule has 2 rings (SSSR count). The molecule has 0 aliphatic carbocycles. The molecule has 2 amide bonds. The van der Waals surface area contributed by atoms with Crippen LogP contribution >= 0.6 is 15.9 Å². The van der Waals surface area contributed by atoms with Crippen LogP contribution in [-0.4, -0.2) is 24.0 Å². The lowest BCUT2D eigenvalue weighted by Gasteiger charge is -2.31. The van der Waals surface area contributed by atoms with E-state index < -0.39 is 17.8 Å². The quantitative estimate of drug-likeness (QED) is 0.767. The van der Waals surface area contributed by atoms with E-state index >= 15 is 0 Å². The summed E-state index contributed by atoms with van der Waals surface area (Å²) >= 11 is 3.02. The van der Waals surface area contributed by atoms with E-state index in [2.05, 4.69) is 21.2 Å². The van der Waals surface area contributed by atoms with E-state index in [1.165, 1.54) is 12.1 Å². The molecule has 1 saturated heterocycles. The summed E-state index contributed by atoms with van der Waals surface area (Å²) in [5, 5.41) is 2.38. The zero-order chi connectivity index (χ0) is 15.6. The fourth-order valence-corrected chi connectivity index (χ4v) is 2.79. The maximum absolute atomic E-state index is 13.0. The average Bonchev–Trinajstić information content (AvgIpc) is 2.39. The predicted molar refractivity (Wildman–Crippen MR) is 78.1 cm³/mol. The highest BCUT2D eigenvalue weighted by atomic mass is 79.9. The first-order valence-electron chi connectivity index (χ1n) is 6.70. The first kappa shape index (κ1) is 16.1. The largest absolute Gasteiger partial charge is 0.418 e. The van der Waals surface area contributed by atoms with Crippen molar-refractivity contribution in [2.24, 2.45) is 5.92 Å². The van der Waals surface area contributed by atoms with E-state index in [0.29, 0.717) is 23.5 Å². The van der Waals surface area contributed by atoms with Crippen LogP contribution < -0.4 is 5.32 Å². The second kappa shape index (κ2) is 6.25. The van der Waals surface area contributed by atoms with Crippen LogP contribution in [0.15, 0.2) is 22.7 Å². The SMILES string of the molecule is CC1CCCN(C(=O)Nc2ccc(Br)cc2C(F)(F)F)C1. The number of rotatable bonds is 1. The Balaban J connectivity index is 2.17. The van der Waals surface area contributed by atoms with Crippen LogP contribution in [0.5, 0.6) is 0 Å². The van der Waals surface area contributed by atoms with Gasteiger partial charge in [-0.2, -0.15) is 13.2 Å². The van der Waals surface area contributed by atoms with E-state index in [9.17, 15) is 18.0 Å². The van der Waals surface area contributed by atoms with Gasteiger partial charge in [-0.15, -0.1) is 0 Å². The summed E-state index contributed by atoms with van der Waals surface area (Å²) in [5.41, 5.74) is -1.07. The monoisotopic (exact) mass is 364 g/mol. The lowest BCUT2D eigenvalue weighted by Crippen LogP contribution is -2.41. The van der Waals surface area contributed by atoms with Crippen molar-refractivity contribution >= 4 is 27.6 Å². The van der Waals surface area contributed by atoms with Gasteiger partial charge in [0.15, 0.2) is 0 Å². The molecule has 0 radical (unpaired) electrons. The molecule has 116 valence electrons. The van der Waals surface area contributed by atoms with Gasteiger partial charge in [0.1, 0.15) is 0 Å². The molecule has 3 nitrogen and oxygen atoms in total. The number of nitrogens with zero attached hydrogens (tertiary/aromatic N) is 1. The van der Waals surface area contributed by atoms with Crippen molar-refractivity contribution in [2.75, 3.05) is 18.4 Å². The summed E-state index contributed by atoms with van der Waals surface area (Å²) in [4.78, 5) is 13.7. The van der Waals surface area contributed by atoms with E-state index in [1.807, 2.05) is 6.92 Å². The normalized spacial score (nSPS) is 19.5. The van der Waals surface area contributed by atoms with Gasteiger partial charge >= 0.3 is 12.2 Å². The third kappa shape index (κ3) is 4.12. The fraction of sp³-hybridized carbons (Fsp3) is 0.500. The van der Waals surface area contributed by atoms with Crippen LogP contribution in [0.1, 0.15) is 25.3 Å². The number of hydrogen-bond acceptors (Lipinski definition) is 1. The molecule has 1 aliphatic heterocycles. The third-order valence-corrected chi connectivity index (χ3v) is 3.97. The molecule has 1 unspecified atom stereocenters. The number of hydrogen-bond donors (Lipinski definition) is 1. The Hall–Kier alpha value is -1.24. The lowest BCUT2D eigenvalue weighted by molar-refractivity contribution is -0.137. The molecular weight excluding hydrogens is 349 g/mol. The Morgan fingerprint density at radius 1 is 1.43 bits per heavy atom. The summed E-state index contributed by atoms with van der Waals surface area (Å²) in [5.74, 6) is 0.372. The minimum absolute atomic E-state index is 0.214. The van der Waals surface area contributed by atoms with Gasteiger partial charge in [-0.05, 0) is 37.0 Å². The number of benzene rings is 1. The Kier molecular flexibility index (Phi) is 4.81. The number of halogens is 4. The molecule has 0 aromatic heterocycles. The number of amides is 2. The first-order chi connectivity index (χ1) is 9.77. The van der Waals surface area contributed by atoms with Gasteiger partial charge in [0.2, 0.25) is 0 Å². The van der Waals surface area contributed by atoms with Crippen molar-refractivity contribution in [1.29, 1.82) is 0 Å². The van der Waals surface area contributed by atoms with Gasteiger partial charge in [0.25, 0.3) is 0 Å². The third-order valence-electron chi connectivity index (χ3n) is 3.47. The van der Waals surface area contributed by atoms with Crippen LogP contribution in [0.25, 0.3) is 0 Å². The van der Waals surface area contributed by atoms with Crippen LogP contribution in [0.2, 0.25) is 0 Å². The van der Waals surface area contributed by atoms with Crippen LogP contribution in [0.4, 0.5) is 23.7 Å². The number of carbonyl (C=O) groups excluding carboxylic acids is 1. The predicted octanol–water partition coefficient (Wildman–Crippen LogP) is 4.73. The molecule has 7 heteroatoms. The smallest absolute Gasteiger partial charge is 0.324 e. The molecule has 1 atom stereocenters. The lowest BCUT2D eigenvalue weighted by atomic mass is 10.0. The van der Waals surface area contributed by atoms with E-state index in [1.54, 1.807) is 4.90 Å². The van der Waals surface area contributed by atoms with Crippen molar-refractivity contribution in [3.63, 3.8) is 0 Å². The average molecular weight is 365 g/mol. The minimum Gasteiger partial charge on any atom is -0.324 e. The number of piperidine rings is 1. The Labute approximate surface area is 129 Å².